The van der Waals surface area contributed by atoms with Gasteiger partial charge in [-0.05, 0) is 76.9 Å². The van der Waals surface area contributed by atoms with Crippen molar-refractivity contribution in [3.05, 3.63) is 242 Å². The van der Waals surface area contributed by atoms with E-state index in [2.05, 4.69) is 83.4 Å². The van der Waals surface area contributed by atoms with Crippen LogP contribution in [0.2, 0.25) is 0 Å². The van der Waals surface area contributed by atoms with E-state index in [4.69, 9.17) is 24.9 Å². The Morgan fingerprint density at radius 2 is 0.676 bits per heavy atom. The van der Waals surface area contributed by atoms with Gasteiger partial charge in [0.15, 0.2) is 23.3 Å². The summed E-state index contributed by atoms with van der Waals surface area (Å²) < 4.78 is 2.31. The lowest BCUT2D eigenvalue weighted by atomic mass is 10.0. The fourth-order valence-electron chi connectivity index (χ4n) is 9.18. The van der Waals surface area contributed by atoms with Crippen molar-refractivity contribution >= 4 is 21.8 Å². The van der Waals surface area contributed by atoms with Gasteiger partial charge in [0.2, 0.25) is 0 Å². The normalized spacial score (nSPS) is 11.1. The van der Waals surface area contributed by atoms with E-state index in [1.165, 1.54) is 0 Å². The predicted molar refractivity (Wildman–Crippen MR) is 283 cm³/mol. The zero-order valence-electron chi connectivity index (χ0n) is 38.0. The Bertz CT molecular complexity index is 3800. The summed E-state index contributed by atoms with van der Waals surface area (Å²) in [6.45, 7) is 0. The molecule has 0 aliphatic rings. The largest absolute Gasteiger partial charge is 0.308 e. The Labute approximate surface area is 409 Å². The minimum atomic E-state index is 0.483. The monoisotopic (exact) mass is 906 g/mol. The van der Waals surface area contributed by atoms with Gasteiger partial charge < -0.3 is 4.57 Å². The molecular weight excluding hydrogens is 869 g/mol. The SMILES string of the molecule is N#Cc1ccc(-c2ccc3c4ccc(-c5ccc(C#N)cc5)cc4n(-c4ccc(-c5cc(-c6ccccc6)nc(-c6ccccc6)n5)cc4-c4nc(-c5ccccc5)nc(-c5ccccc5)n4)c3c2)cc1. The van der Waals surface area contributed by atoms with Gasteiger partial charge >= 0.3 is 0 Å². The van der Waals surface area contributed by atoms with Crippen LogP contribution in [-0.4, -0.2) is 29.5 Å². The molecule has 3 heterocycles. The number of hydrogen-bond donors (Lipinski definition) is 0. The Hall–Kier alpha value is -10.2. The van der Waals surface area contributed by atoms with Gasteiger partial charge in [-0.15, -0.1) is 0 Å². The fraction of sp³-hybridized carbons (Fsp3) is 0. The lowest BCUT2D eigenvalue weighted by Gasteiger charge is -2.17. The highest BCUT2D eigenvalue weighted by atomic mass is 15.1. The molecule has 12 rings (SSSR count). The molecule has 8 heteroatoms. The third-order valence-corrected chi connectivity index (χ3v) is 12.8. The Kier molecular flexibility index (Phi) is 10.8. The molecule has 0 unspecified atom stereocenters. The van der Waals surface area contributed by atoms with Crippen molar-refractivity contribution in [2.75, 3.05) is 0 Å². The second-order valence-electron chi connectivity index (χ2n) is 17.1. The van der Waals surface area contributed by atoms with Crippen molar-refractivity contribution in [2.24, 2.45) is 0 Å². The zero-order chi connectivity index (χ0) is 47.7. The average Bonchev–Trinajstić information content (AvgIpc) is 3.78. The van der Waals surface area contributed by atoms with Crippen LogP contribution in [0.25, 0.3) is 118 Å². The molecule has 0 atom stereocenters. The second kappa shape index (κ2) is 18.2. The van der Waals surface area contributed by atoms with Gasteiger partial charge in [0, 0.05) is 44.2 Å². The molecule has 9 aromatic carbocycles. The summed E-state index contributed by atoms with van der Waals surface area (Å²) in [7, 11) is 0. The van der Waals surface area contributed by atoms with Gasteiger partial charge in [-0.25, -0.2) is 24.9 Å². The summed E-state index contributed by atoms with van der Waals surface area (Å²) in [6.07, 6.45) is 0. The molecule has 0 radical (unpaired) electrons. The minimum Gasteiger partial charge on any atom is -0.308 e. The number of aromatic nitrogens is 6. The lowest BCUT2D eigenvalue weighted by Crippen LogP contribution is -2.04. The van der Waals surface area contributed by atoms with Gasteiger partial charge in [-0.1, -0.05) is 176 Å². The third kappa shape index (κ3) is 8.14. The van der Waals surface area contributed by atoms with E-state index < -0.39 is 0 Å². The summed E-state index contributed by atoms with van der Waals surface area (Å²) in [4.78, 5) is 26.1. The highest BCUT2D eigenvalue weighted by molar-refractivity contribution is 6.11. The number of nitriles is 2. The molecule has 0 N–H and O–H groups in total. The molecule has 8 nitrogen and oxygen atoms in total. The zero-order valence-corrected chi connectivity index (χ0v) is 38.0. The van der Waals surface area contributed by atoms with Crippen LogP contribution in [-0.2, 0) is 0 Å². The van der Waals surface area contributed by atoms with Crippen molar-refractivity contribution in [3.63, 3.8) is 0 Å². The molecule has 0 saturated heterocycles. The van der Waals surface area contributed by atoms with Crippen LogP contribution in [0.1, 0.15) is 11.1 Å². The number of benzene rings is 9. The van der Waals surface area contributed by atoms with E-state index in [9.17, 15) is 10.5 Å². The number of fused-ring (bicyclic) bond motifs is 3. The molecular formula is C63H38N8. The van der Waals surface area contributed by atoms with E-state index >= 15 is 0 Å². The molecule has 0 aliphatic heterocycles. The summed E-state index contributed by atoms with van der Waals surface area (Å²) in [5.74, 6) is 2.17. The van der Waals surface area contributed by atoms with E-state index in [0.717, 1.165) is 94.5 Å². The van der Waals surface area contributed by atoms with Crippen LogP contribution in [0.15, 0.2) is 231 Å². The van der Waals surface area contributed by atoms with Crippen molar-refractivity contribution in [1.82, 2.24) is 29.5 Å². The van der Waals surface area contributed by atoms with E-state index in [-0.39, 0.29) is 0 Å². The molecule has 12 aromatic rings. The molecule has 0 saturated carbocycles. The van der Waals surface area contributed by atoms with Gasteiger partial charge in [0.05, 0.1) is 51.4 Å². The van der Waals surface area contributed by atoms with Crippen LogP contribution < -0.4 is 0 Å². The van der Waals surface area contributed by atoms with E-state index in [0.29, 0.717) is 34.4 Å². The Morgan fingerprint density at radius 3 is 1.13 bits per heavy atom. The van der Waals surface area contributed by atoms with Gasteiger partial charge in [0.25, 0.3) is 0 Å². The molecule has 0 fully saturated rings. The average molecular weight is 907 g/mol. The first kappa shape index (κ1) is 42.2. The third-order valence-electron chi connectivity index (χ3n) is 12.8. The number of rotatable bonds is 9. The first-order valence-corrected chi connectivity index (χ1v) is 23.2. The number of hydrogen-bond acceptors (Lipinski definition) is 7. The maximum absolute atomic E-state index is 9.63. The maximum Gasteiger partial charge on any atom is 0.166 e. The van der Waals surface area contributed by atoms with E-state index in [1.807, 2.05) is 164 Å². The topological polar surface area (TPSA) is 117 Å². The van der Waals surface area contributed by atoms with Crippen molar-refractivity contribution < 1.29 is 0 Å². The van der Waals surface area contributed by atoms with Crippen LogP contribution in [0.5, 0.6) is 0 Å². The van der Waals surface area contributed by atoms with Gasteiger partial charge in [-0.3, -0.25) is 0 Å². The fourth-order valence-corrected chi connectivity index (χ4v) is 9.18. The number of nitrogens with zero attached hydrogens (tertiary/aromatic N) is 8. The Morgan fingerprint density at radius 1 is 0.296 bits per heavy atom. The molecule has 71 heavy (non-hydrogen) atoms. The summed E-state index contributed by atoms with van der Waals surface area (Å²) in [5, 5.41) is 21.4. The standard InChI is InChI=1S/C63H38N8/c64-39-41-21-25-43(26-22-41)49-29-32-52-53-33-30-50(44-27-23-42(40-65)24-28-44)37-59(53)71(58(52)36-49)57-34-31-51(56-38-55(45-13-5-1-6-14-45)66-60(67-56)46-15-7-2-8-16-46)35-54(57)63-69-61(47-17-9-3-10-18-47)68-62(70-63)48-19-11-4-12-20-48/h1-38H. The molecule has 0 aliphatic carbocycles. The summed E-state index contributed by atoms with van der Waals surface area (Å²) in [6, 6.07) is 81.7. The smallest absolute Gasteiger partial charge is 0.166 e. The molecule has 0 spiro atoms. The van der Waals surface area contributed by atoms with Crippen molar-refractivity contribution in [3.8, 4) is 108 Å². The summed E-state index contributed by atoms with van der Waals surface area (Å²) in [5.41, 5.74) is 14.7. The predicted octanol–water partition coefficient (Wildman–Crippen LogP) is 14.8. The highest BCUT2D eigenvalue weighted by Gasteiger charge is 2.22. The Balaban J connectivity index is 1.17. The first-order chi connectivity index (χ1) is 35.1. The minimum absolute atomic E-state index is 0.483. The maximum atomic E-state index is 9.63. The summed E-state index contributed by atoms with van der Waals surface area (Å²) >= 11 is 0. The molecule has 3 aromatic heterocycles. The highest BCUT2D eigenvalue weighted by Crippen LogP contribution is 2.41. The van der Waals surface area contributed by atoms with Crippen LogP contribution >= 0.6 is 0 Å². The first-order valence-electron chi connectivity index (χ1n) is 23.2. The van der Waals surface area contributed by atoms with Gasteiger partial charge in [-0.2, -0.15) is 10.5 Å². The molecule has 0 bridgehead atoms. The van der Waals surface area contributed by atoms with Crippen molar-refractivity contribution in [2.45, 2.75) is 0 Å². The van der Waals surface area contributed by atoms with E-state index in [1.54, 1.807) is 0 Å². The molecule has 330 valence electrons. The van der Waals surface area contributed by atoms with Crippen LogP contribution in [0.3, 0.4) is 0 Å². The van der Waals surface area contributed by atoms with Gasteiger partial charge in [0.1, 0.15) is 0 Å². The quantitative estimate of drug-likeness (QED) is 0.142. The van der Waals surface area contributed by atoms with Crippen LogP contribution in [0, 0.1) is 22.7 Å². The lowest BCUT2D eigenvalue weighted by molar-refractivity contribution is 1.06. The van der Waals surface area contributed by atoms with Crippen molar-refractivity contribution in [1.29, 1.82) is 10.5 Å². The van der Waals surface area contributed by atoms with Crippen LogP contribution in [0.4, 0.5) is 0 Å². The molecule has 0 amide bonds. The second-order valence-corrected chi connectivity index (χ2v) is 17.1.